The highest BCUT2D eigenvalue weighted by molar-refractivity contribution is 5.79. The van der Waals surface area contributed by atoms with Gasteiger partial charge in [0, 0.05) is 19.1 Å². The van der Waals surface area contributed by atoms with Crippen molar-refractivity contribution in [2.75, 3.05) is 26.7 Å². The number of hydrogen-bond donors (Lipinski definition) is 0. The summed E-state index contributed by atoms with van der Waals surface area (Å²) in [5.74, 6) is 1.14. The topological polar surface area (TPSA) is 32.8 Å². The lowest BCUT2D eigenvalue weighted by molar-refractivity contribution is -0.131. The first kappa shape index (κ1) is 22.3. The SMILES string of the molecule is CC(C)COc1ccc(CC(=O)N(Cc2ccc(F)cc2)C[C@H]2CCCN2C)cc1. The second-order valence-electron chi connectivity index (χ2n) is 8.70. The van der Waals surface area contributed by atoms with Gasteiger partial charge in [-0.1, -0.05) is 38.1 Å². The van der Waals surface area contributed by atoms with Gasteiger partial charge in [-0.15, -0.1) is 0 Å². The predicted octanol–water partition coefficient (Wildman–Crippen LogP) is 4.53. The molecule has 0 bridgehead atoms. The molecule has 0 radical (unpaired) electrons. The van der Waals surface area contributed by atoms with Gasteiger partial charge in [0.1, 0.15) is 11.6 Å². The summed E-state index contributed by atoms with van der Waals surface area (Å²) < 4.78 is 19.0. The summed E-state index contributed by atoms with van der Waals surface area (Å²) in [6, 6.07) is 14.6. The fraction of sp³-hybridized carbons (Fsp3) is 0.480. The molecule has 0 aromatic heterocycles. The summed E-state index contributed by atoms with van der Waals surface area (Å²) >= 11 is 0. The highest BCUT2D eigenvalue weighted by Gasteiger charge is 2.26. The lowest BCUT2D eigenvalue weighted by Crippen LogP contribution is -2.42. The summed E-state index contributed by atoms with van der Waals surface area (Å²) in [6.07, 6.45) is 2.62. The minimum Gasteiger partial charge on any atom is -0.493 e. The highest BCUT2D eigenvalue weighted by atomic mass is 19.1. The molecule has 1 amide bonds. The number of carbonyl (C=O) groups is 1. The maximum Gasteiger partial charge on any atom is 0.227 e. The highest BCUT2D eigenvalue weighted by Crippen LogP contribution is 2.19. The number of rotatable bonds is 9. The summed E-state index contributed by atoms with van der Waals surface area (Å²) in [5, 5.41) is 0. The maximum absolute atomic E-state index is 13.3. The summed E-state index contributed by atoms with van der Waals surface area (Å²) in [5.41, 5.74) is 1.92. The van der Waals surface area contributed by atoms with Gasteiger partial charge in [0.2, 0.25) is 5.91 Å². The van der Waals surface area contributed by atoms with Gasteiger partial charge in [-0.2, -0.15) is 0 Å². The predicted molar refractivity (Wildman–Crippen MR) is 118 cm³/mol. The first-order valence-electron chi connectivity index (χ1n) is 10.8. The molecule has 4 nitrogen and oxygen atoms in total. The Balaban J connectivity index is 1.66. The van der Waals surface area contributed by atoms with Crippen LogP contribution in [0.25, 0.3) is 0 Å². The number of carbonyl (C=O) groups excluding carboxylic acids is 1. The van der Waals surface area contributed by atoms with E-state index in [9.17, 15) is 9.18 Å². The van der Waals surface area contributed by atoms with Gasteiger partial charge < -0.3 is 14.5 Å². The van der Waals surface area contributed by atoms with Gasteiger partial charge in [-0.25, -0.2) is 4.39 Å². The van der Waals surface area contributed by atoms with Crippen LogP contribution in [0.2, 0.25) is 0 Å². The molecule has 0 saturated carbocycles. The van der Waals surface area contributed by atoms with Crippen LogP contribution in [0.4, 0.5) is 4.39 Å². The van der Waals surface area contributed by atoms with E-state index < -0.39 is 0 Å². The van der Waals surface area contributed by atoms with E-state index in [1.807, 2.05) is 29.2 Å². The average molecular weight is 413 g/mol. The molecule has 162 valence electrons. The number of hydrogen-bond acceptors (Lipinski definition) is 3. The van der Waals surface area contributed by atoms with Crippen LogP contribution >= 0.6 is 0 Å². The second kappa shape index (κ2) is 10.6. The number of ether oxygens (including phenoxy) is 1. The monoisotopic (exact) mass is 412 g/mol. The summed E-state index contributed by atoms with van der Waals surface area (Å²) in [4.78, 5) is 17.4. The van der Waals surface area contributed by atoms with Crippen LogP contribution in [0, 0.1) is 11.7 Å². The molecule has 1 aliphatic rings. The van der Waals surface area contributed by atoms with Crippen LogP contribution in [0.5, 0.6) is 5.75 Å². The maximum atomic E-state index is 13.3. The van der Waals surface area contributed by atoms with Crippen LogP contribution < -0.4 is 4.74 Å². The Morgan fingerprint density at radius 2 is 1.80 bits per heavy atom. The van der Waals surface area contributed by atoms with Crippen molar-refractivity contribution in [3.05, 3.63) is 65.5 Å². The van der Waals surface area contributed by atoms with Gasteiger partial charge >= 0.3 is 0 Å². The average Bonchev–Trinajstić information content (AvgIpc) is 3.13. The van der Waals surface area contributed by atoms with Crippen LogP contribution in [0.1, 0.15) is 37.8 Å². The van der Waals surface area contributed by atoms with E-state index in [2.05, 4.69) is 25.8 Å². The zero-order valence-electron chi connectivity index (χ0n) is 18.3. The van der Waals surface area contributed by atoms with E-state index in [0.29, 0.717) is 38.1 Å². The zero-order chi connectivity index (χ0) is 21.5. The number of likely N-dealkylation sites (N-methyl/N-ethyl adjacent to an activating group) is 1. The molecule has 5 heteroatoms. The molecule has 1 fully saturated rings. The molecule has 0 aliphatic carbocycles. The Morgan fingerprint density at radius 3 is 2.40 bits per heavy atom. The molecule has 2 aromatic rings. The third-order valence-electron chi connectivity index (χ3n) is 5.60. The van der Waals surface area contributed by atoms with Crippen molar-refractivity contribution in [2.24, 2.45) is 5.92 Å². The number of nitrogens with zero attached hydrogens (tertiary/aromatic N) is 2. The first-order valence-corrected chi connectivity index (χ1v) is 10.8. The Labute approximate surface area is 179 Å². The molecular weight excluding hydrogens is 379 g/mol. The molecule has 0 unspecified atom stereocenters. The first-order chi connectivity index (χ1) is 14.4. The fourth-order valence-electron chi connectivity index (χ4n) is 3.78. The van der Waals surface area contributed by atoms with Crippen LogP contribution in [-0.2, 0) is 17.8 Å². The lowest BCUT2D eigenvalue weighted by Gasteiger charge is -2.29. The van der Waals surface area contributed by atoms with Crippen LogP contribution in [0.15, 0.2) is 48.5 Å². The number of benzene rings is 2. The Kier molecular flexibility index (Phi) is 7.86. The number of likely N-dealkylation sites (tertiary alicyclic amines) is 1. The van der Waals surface area contributed by atoms with Crippen molar-refractivity contribution in [2.45, 2.75) is 45.7 Å². The molecule has 2 aromatic carbocycles. The van der Waals surface area contributed by atoms with Gasteiger partial charge in [0.25, 0.3) is 0 Å². The van der Waals surface area contributed by atoms with Crippen molar-refractivity contribution in [3.8, 4) is 5.75 Å². The molecule has 1 saturated heterocycles. The molecule has 0 N–H and O–H groups in total. The van der Waals surface area contributed by atoms with E-state index in [1.54, 1.807) is 12.1 Å². The van der Waals surface area contributed by atoms with Crippen molar-refractivity contribution in [1.29, 1.82) is 0 Å². The van der Waals surface area contributed by atoms with Crippen LogP contribution in [-0.4, -0.2) is 48.5 Å². The number of amides is 1. The normalized spacial score (nSPS) is 16.8. The number of halogens is 1. The van der Waals surface area contributed by atoms with Gasteiger partial charge in [-0.05, 0) is 67.7 Å². The Morgan fingerprint density at radius 1 is 1.13 bits per heavy atom. The van der Waals surface area contributed by atoms with Gasteiger partial charge in [-0.3, -0.25) is 4.79 Å². The standard InChI is InChI=1S/C25H33FN2O2/c1-19(2)18-30-24-12-8-20(9-13-24)15-25(29)28(17-23-5-4-14-27(23)3)16-21-6-10-22(26)11-7-21/h6-13,19,23H,4-5,14-18H2,1-3H3/t23-/m1/s1. The van der Waals surface area contributed by atoms with E-state index in [4.69, 9.17) is 4.74 Å². The summed E-state index contributed by atoms with van der Waals surface area (Å²) in [6.45, 7) is 7.18. The third kappa shape index (κ3) is 6.56. The minimum absolute atomic E-state index is 0.0930. The van der Waals surface area contributed by atoms with E-state index in [1.165, 1.54) is 12.1 Å². The van der Waals surface area contributed by atoms with Gasteiger partial charge in [0.15, 0.2) is 0 Å². The van der Waals surface area contributed by atoms with Crippen molar-refractivity contribution in [3.63, 3.8) is 0 Å². The Hall–Kier alpha value is -2.40. The molecule has 0 spiro atoms. The molecule has 3 rings (SSSR count). The van der Waals surface area contributed by atoms with Crippen molar-refractivity contribution in [1.82, 2.24) is 9.80 Å². The summed E-state index contributed by atoms with van der Waals surface area (Å²) in [7, 11) is 2.12. The second-order valence-corrected chi connectivity index (χ2v) is 8.70. The molecule has 1 atom stereocenters. The quantitative estimate of drug-likeness (QED) is 0.607. The lowest BCUT2D eigenvalue weighted by atomic mass is 10.1. The van der Waals surface area contributed by atoms with E-state index >= 15 is 0 Å². The van der Waals surface area contributed by atoms with E-state index in [0.717, 1.165) is 36.3 Å². The fourth-order valence-corrected chi connectivity index (χ4v) is 3.78. The smallest absolute Gasteiger partial charge is 0.227 e. The van der Waals surface area contributed by atoms with Crippen molar-refractivity contribution >= 4 is 5.91 Å². The molecule has 1 aliphatic heterocycles. The van der Waals surface area contributed by atoms with Gasteiger partial charge in [0.05, 0.1) is 13.0 Å². The molecular formula is C25H33FN2O2. The zero-order valence-corrected chi connectivity index (χ0v) is 18.3. The van der Waals surface area contributed by atoms with Crippen LogP contribution in [0.3, 0.4) is 0 Å². The van der Waals surface area contributed by atoms with Crippen molar-refractivity contribution < 1.29 is 13.9 Å². The molecule has 30 heavy (non-hydrogen) atoms. The largest absolute Gasteiger partial charge is 0.493 e. The van der Waals surface area contributed by atoms with E-state index in [-0.39, 0.29) is 11.7 Å². The third-order valence-corrected chi connectivity index (χ3v) is 5.60. The minimum atomic E-state index is -0.257. The Bertz CT molecular complexity index is 805. The molecule has 1 heterocycles.